The van der Waals surface area contributed by atoms with Crippen LogP contribution in [0.2, 0.25) is 0 Å². The molecule has 1 saturated carbocycles. The first-order chi connectivity index (χ1) is 16.2. The number of carbonyl (C=O) groups excluding carboxylic acids is 1. The third kappa shape index (κ3) is 5.45. The quantitative estimate of drug-likeness (QED) is 0.316. The molecule has 1 heterocycles. The molecule has 0 radical (unpaired) electrons. The number of nitrogens with zero attached hydrogens (tertiary/aromatic N) is 1. The summed E-state index contributed by atoms with van der Waals surface area (Å²) in [5, 5.41) is 6.16. The topological polar surface area (TPSA) is 60.5 Å². The van der Waals surface area contributed by atoms with Gasteiger partial charge < -0.3 is 14.8 Å². The molecule has 1 fully saturated rings. The first-order valence-electron chi connectivity index (χ1n) is 11.3. The van der Waals surface area contributed by atoms with E-state index in [0.717, 1.165) is 42.2 Å². The van der Waals surface area contributed by atoms with Crippen molar-refractivity contribution in [1.29, 1.82) is 0 Å². The molecule has 1 aliphatic carbocycles. The molecule has 1 atom stereocenters. The number of rotatable bonds is 11. The van der Waals surface area contributed by atoms with Crippen LogP contribution in [-0.4, -0.2) is 31.7 Å². The Morgan fingerprint density at radius 1 is 1.06 bits per heavy atom. The Morgan fingerprint density at radius 3 is 2.24 bits per heavy atom. The Bertz CT molecular complexity index is 1010. The van der Waals surface area contributed by atoms with Gasteiger partial charge in [-0.3, -0.25) is 4.79 Å². The van der Waals surface area contributed by atoms with E-state index in [2.05, 4.69) is 40.6 Å². The summed E-state index contributed by atoms with van der Waals surface area (Å²) in [5.74, 6) is 1.90. The molecular weight excluding hydrogens is 432 g/mol. The van der Waals surface area contributed by atoms with E-state index >= 15 is 0 Å². The summed E-state index contributed by atoms with van der Waals surface area (Å²) >= 11 is 1.68. The molecule has 172 valence electrons. The lowest BCUT2D eigenvalue weighted by Crippen LogP contribution is -2.22. The number of ether oxygens (including phenoxy) is 2. The molecule has 4 rings (SSSR count). The maximum Gasteiger partial charge on any atom is 0.243 e. The molecule has 0 aliphatic heterocycles. The normalized spacial score (nSPS) is 16.5. The van der Waals surface area contributed by atoms with Crippen molar-refractivity contribution in [1.82, 2.24) is 10.3 Å². The fourth-order valence-corrected chi connectivity index (χ4v) is 5.04. The van der Waals surface area contributed by atoms with Crippen LogP contribution in [0.4, 0.5) is 0 Å². The second-order valence-electron chi connectivity index (χ2n) is 8.27. The van der Waals surface area contributed by atoms with Gasteiger partial charge in [0, 0.05) is 23.5 Å². The molecule has 0 unspecified atom stereocenters. The van der Waals surface area contributed by atoms with E-state index in [-0.39, 0.29) is 17.2 Å². The number of unbranched alkanes of at least 4 members (excludes halogenated alkanes) is 1. The molecule has 1 amide bonds. The molecule has 0 saturated heterocycles. The molecular formula is C27H30N2O3S. The van der Waals surface area contributed by atoms with E-state index in [1.54, 1.807) is 31.6 Å². The van der Waals surface area contributed by atoms with Gasteiger partial charge in [0.2, 0.25) is 5.91 Å². The predicted molar refractivity (Wildman–Crippen MR) is 132 cm³/mol. The Labute approximate surface area is 199 Å². The largest absolute Gasteiger partial charge is 0.497 e. The van der Waals surface area contributed by atoms with Gasteiger partial charge in [0.1, 0.15) is 11.5 Å². The van der Waals surface area contributed by atoms with Crippen LogP contribution in [0.5, 0.6) is 11.5 Å². The summed E-state index contributed by atoms with van der Waals surface area (Å²) in [5.41, 5.74) is 2.32. The minimum atomic E-state index is -0.136. The highest BCUT2D eigenvalue weighted by atomic mass is 32.1. The van der Waals surface area contributed by atoms with Crippen molar-refractivity contribution < 1.29 is 14.3 Å². The maximum absolute atomic E-state index is 12.4. The molecule has 6 heteroatoms. The number of hydrogen-bond acceptors (Lipinski definition) is 5. The lowest BCUT2D eigenvalue weighted by atomic mass is 9.85. The van der Waals surface area contributed by atoms with Crippen molar-refractivity contribution in [3.8, 4) is 11.5 Å². The molecule has 1 N–H and O–H groups in total. The monoisotopic (exact) mass is 462 g/mol. The fraction of sp³-hybridized carbons (Fsp3) is 0.333. The van der Waals surface area contributed by atoms with E-state index in [0.29, 0.717) is 6.54 Å². The number of amides is 1. The first-order valence-corrected chi connectivity index (χ1v) is 12.2. The average molecular weight is 463 g/mol. The zero-order valence-corrected chi connectivity index (χ0v) is 19.9. The SMILES string of the molecule is COc1ccc(C2(c3ccc(OC)cc3)C[C@H]2/C=C/C(=O)NCCCCc2nccs2)cc1. The van der Waals surface area contributed by atoms with Gasteiger partial charge in [-0.15, -0.1) is 11.3 Å². The number of aryl methyl sites for hydroxylation is 1. The van der Waals surface area contributed by atoms with Gasteiger partial charge in [-0.2, -0.15) is 0 Å². The highest BCUT2D eigenvalue weighted by molar-refractivity contribution is 7.09. The second-order valence-corrected chi connectivity index (χ2v) is 9.25. The van der Waals surface area contributed by atoms with E-state index in [1.165, 1.54) is 11.1 Å². The van der Waals surface area contributed by atoms with E-state index in [4.69, 9.17) is 9.47 Å². The molecule has 2 aromatic carbocycles. The number of carbonyl (C=O) groups is 1. The zero-order chi connectivity index (χ0) is 23.1. The van der Waals surface area contributed by atoms with Gasteiger partial charge in [0.15, 0.2) is 0 Å². The van der Waals surface area contributed by atoms with Crippen LogP contribution in [0.15, 0.2) is 72.3 Å². The Balaban J connectivity index is 1.38. The van der Waals surface area contributed by atoms with E-state index < -0.39 is 0 Å². The van der Waals surface area contributed by atoms with Gasteiger partial charge in [0.25, 0.3) is 0 Å². The van der Waals surface area contributed by atoms with E-state index in [1.807, 2.05) is 35.8 Å². The van der Waals surface area contributed by atoms with Gasteiger partial charge in [-0.05, 0) is 73.1 Å². The molecule has 1 aliphatic rings. The Morgan fingerprint density at radius 2 is 1.70 bits per heavy atom. The van der Waals surface area contributed by atoms with Crippen molar-refractivity contribution in [3.05, 3.63) is 88.4 Å². The molecule has 1 aromatic heterocycles. The number of benzene rings is 2. The average Bonchev–Trinajstić information content (AvgIpc) is 3.36. The zero-order valence-electron chi connectivity index (χ0n) is 19.1. The lowest BCUT2D eigenvalue weighted by molar-refractivity contribution is -0.116. The lowest BCUT2D eigenvalue weighted by Gasteiger charge is -2.19. The fourth-order valence-electron chi connectivity index (χ4n) is 4.38. The standard InChI is InChI=1S/C27H30N2O3S/c1-31-23-11-6-20(7-12-23)27(21-8-13-24(32-2)14-9-21)19-22(27)10-15-25(30)28-16-4-3-5-26-29-17-18-33-26/h6-15,17-18,22H,3-5,16,19H2,1-2H3,(H,28,30)/b15-10+/t22-/m1/s1. The van der Waals surface area contributed by atoms with Crippen molar-refractivity contribution >= 4 is 17.2 Å². The maximum atomic E-state index is 12.4. The Kier molecular flexibility index (Phi) is 7.45. The highest BCUT2D eigenvalue weighted by Crippen LogP contribution is 2.59. The first kappa shape index (κ1) is 23.1. The van der Waals surface area contributed by atoms with Crippen molar-refractivity contribution in [2.75, 3.05) is 20.8 Å². The number of aromatic nitrogens is 1. The van der Waals surface area contributed by atoms with E-state index in [9.17, 15) is 4.79 Å². The van der Waals surface area contributed by atoms with Gasteiger partial charge in [-0.25, -0.2) is 4.98 Å². The van der Waals surface area contributed by atoms with Crippen LogP contribution in [0, 0.1) is 5.92 Å². The van der Waals surface area contributed by atoms with Gasteiger partial charge in [0.05, 0.1) is 19.2 Å². The highest BCUT2D eigenvalue weighted by Gasteiger charge is 2.55. The summed E-state index contributed by atoms with van der Waals surface area (Å²) < 4.78 is 10.7. The predicted octanol–water partition coefficient (Wildman–Crippen LogP) is 5.16. The van der Waals surface area contributed by atoms with Crippen LogP contribution >= 0.6 is 11.3 Å². The third-order valence-corrected chi connectivity index (χ3v) is 7.14. The summed E-state index contributed by atoms with van der Waals surface area (Å²) in [6, 6.07) is 16.5. The number of methoxy groups -OCH3 is 2. The summed E-state index contributed by atoms with van der Waals surface area (Å²) in [4.78, 5) is 16.7. The van der Waals surface area contributed by atoms with Crippen LogP contribution in [0.25, 0.3) is 0 Å². The number of allylic oxidation sites excluding steroid dienone is 1. The molecule has 0 spiro atoms. The number of thiazole rings is 1. The molecule has 33 heavy (non-hydrogen) atoms. The minimum absolute atomic E-state index is 0.0329. The van der Waals surface area contributed by atoms with Crippen LogP contribution in [-0.2, 0) is 16.6 Å². The second kappa shape index (κ2) is 10.7. The van der Waals surface area contributed by atoms with Crippen LogP contribution < -0.4 is 14.8 Å². The number of hydrogen-bond donors (Lipinski definition) is 1. The van der Waals surface area contributed by atoms with Crippen molar-refractivity contribution in [2.24, 2.45) is 5.92 Å². The van der Waals surface area contributed by atoms with Crippen LogP contribution in [0.3, 0.4) is 0 Å². The smallest absolute Gasteiger partial charge is 0.243 e. The molecule has 3 aromatic rings. The van der Waals surface area contributed by atoms with Gasteiger partial charge >= 0.3 is 0 Å². The van der Waals surface area contributed by atoms with Crippen LogP contribution in [0.1, 0.15) is 35.4 Å². The summed E-state index contributed by atoms with van der Waals surface area (Å²) in [6.45, 7) is 0.682. The number of nitrogens with one attached hydrogen (secondary N) is 1. The Hall–Kier alpha value is -3.12. The molecule has 0 bridgehead atoms. The van der Waals surface area contributed by atoms with Gasteiger partial charge in [-0.1, -0.05) is 30.3 Å². The summed E-state index contributed by atoms with van der Waals surface area (Å²) in [6.07, 6.45) is 9.49. The summed E-state index contributed by atoms with van der Waals surface area (Å²) in [7, 11) is 3.35. The van der Waals surface area contributed by atoms with Crippen molar-refractivity contribution in [3.63, 3.8) is 0 Å². The third-order valence-electron chi connectivity index (χ3n) is 6.31. The molecule has 5 nitrogen and oxygen atoms in total. The van der Waals surface area contributed by atoms with Crippen molar-refractivity contribution in [2.45, 2.75) is 31.1 Å². The minimum Gasteiger partial charge on any atom is -0.497 e.